The average Bonchev–Trinajstić information content (AvgIpc) is 3.56. The number of likely N-dealkylation sites (N-methyl/N-ethyl adjacent to an activating group) is 1. The molecule has 0 aliphatic carbocycles. The van der Waals surface area contributed by atoms with E-state index in [0.717, 1.165) is 25.9 Å². The van der Waals surface area contributed by atoms with Gasteiger partial charge in [-0.05, 0) is 44.0 Å². The molecular weight excluding hydrogens is 619 g/mol. The van der Waals surface area contributed by atoms with E-state index < -0.39 is 41.0 Å². The minimum atomic E-state index is -0.942. The minimum absolute atomic E-state index is 0.0542. The third kappa shape index (κ3) is 8.98. The molecule has 0 saturated carbocycles. The summed E-state index contributed by atoms with van der Waals surface area (Å²) >= 11 is 0. The maximum atomic E-state index is 15.6. The number of nitrogens with zero attached hydrogens (tertiary/aromatic N) is 3. The number of carbonyl (C=O) groups excluding carboxylic acids is 4. The fourth-order valence-corrected chi connectivity index (χ4v) is 5.99. The number of piperazine rings is 1. The van der Waals surface area contributed by atoms with Crippen LogP contribution >= 0.6 is 0 Å². The molecule has 0 unspecified atom stereocenters. The first-order chi connectivity index (χ1) is 22.9. The molecule has 4 atom stereocenters. The summed E-state index contributed by atoms with van der Waals surface area (Å²) in [7, 11) is 1.99. The van der Waals surface area contributed by atoms with Gasteiger partial charge in [0.2, 0.25) is 17.7 Å². The molecule has 3 heterocycles. The zero-order valence-electron chi connectivity index (χ0n) is 29.1. The maximum absolute atomic E-state index is 15.6. The standard InChI is InChI=1S/C35H51FN6O6/c1-7-22(3)10-9-11-28(38-32(44)25-19-48-40-31(25)35(5)20-47-21-35)33(45)37-27-13-12-24(18-26(27)36)23(4)30(39-29(43)8-2)34(46)42-16-14-41(6)15-17-42/h12-13,18-19,22-23,28,30H,7-11,14-17,20-21H2,1-6H3,(H,37,45)(H,38,44)(H,39,43)/t22-,23-,28-,30+/m0/s1. The van der Waals surface area contributed by atoms with Gasteiger partial charge in [-0.2, -0.15) is 0 Å². The van der Waals surface area contributed by atoms with Gasteiger partial charge in [0.1, 0.15) is 35.4 Å². The molecule has 1 aromatic heterocycles. The van der Waals surface area contributed by atoms with Crippen LogP contribution in [0.4, 0.5) is 10.1 Å². The fourth-order valence-electron chi connectivity index (χ4n) is 5.99. The number of anilines is 1. The van der Waals surface area contributed by atoms with E-state index in [2.05, 4.69) is 39.9 Å². The number of rotatable bonds is 15. The summed E-state index contributed by atoms with van der Waals surface area (Å²) in [5.74, 6) is -2.31. The van der Waals surface area contributed by atoms with Gasteiger partial charge in [0.25, 0.3) is 5.91 Å². The Hall–Kier alpha value is -3.84. The molecule has 0 radical (unpaired) electrons. The molecule has 2 saturated heterocycles. The average molecular weight is 671 g/mol. The van der Waals surface area contributed by atoms with E-state index in [1.807, 2.05) is 14.0 Å². The van der Waals surface area contributed by atoms with Crippen molar-refractivity contribution in [2.75, 3.05) is 51.8 Å². The number of hydrogen-bond acceptors (Lipinski definition) is 8. The third-order valence-electron chi connectivity index (χ3n) is 9.73. The molecule has 2 aliphatic rings. The summed E-state index contributed by atoms with van der Waals surface area (Å²) in [6.07, 6.45) is 4.38. The number of hydrogen-bond donors (Lipinski definition) is 3. The molecule has 4 amide bonds. The van der Waals surface area contributed by atoms with Gasteiger partial charge in [-0.1, -0.05) is 58.2 Å². The molecule has 2 fully saturated rings. The largest absolute Gasteiger partial charge is 0.379 e. The summed E-state index contributed by atoms with van der Waals surface area (Å²) in [5.41, 5.74) is 0.701. The monoisotopic (exact) mass is 670 g/mol. The van der Waals surface area contributed by atoms with Crippen molar-refractivity contribution in [3.63, 3.8) is 0 Å². The Labute approximate surface area is 282 Å². The highest BCUT2D eigenvalue weighted by atomic mass is 19.1. The van der Waals surface area contributed by atoms with E-state index in [-0.39, 0.29) is 29.5 Å². The van der Waals surface area contributed by atoms with Gasteiger partial charge >= 0.3 is 0 Å². The van der Waals surface area contributed by atoms with Gasteiger partial charge in [0.15, 0.2) is 0 Å². The lowest BCUT2D eigenvalue weighted by molar-refractivity contribution is -0.138. The Balaban J connectivity index is 1.49. The van der Waals surface area contributed by atoms with E-state index in [9.17, 15) is 19.2 Å². The minimum Gasteiger partial charge on any atom is -0.379 e. The number of aromatic nitrogens is 1. The second-order valence-corrected chi connectivity index (χ2v) is 13.6. The molecule has 48 heavy (non-hydrogen) atoms. The van der Waals surface area contributed by atoms with Gasteiger partial charge < -0.3 is 35.0 Å². The van der Waals surface area contributed by atoms with Crippen LogP contribution in [-0.4, -0.2) is 97.1 Å². The first kappa shape index (κ1) is 37.0. The molecular formula is C35H51FN6O6. The number of amides is 4. The molecule has 2 aromatic rings. The number of benzene rings is 1. The molecule has 4 rings (SSSR count). The van der Waals surface area contributed by atoms with Gasteiger partial charge in [-0.3, -0.25) is 19.2 Å². The van der Waals surface area contributed by atoms with Gasteiger partial charge in [0, 0.05) is 38.5 Å². The van der Waals surface area contributed by atoms with Crippen molar-refractivity contribution in [3.05, 3.63) is 47.1 Å². The van der Waals surface area contributed by atoms with Gasteiger partial charge in [-0.25, -0.2) is 4.39 Å². The van der Waals surface area contributed by atoms with Crippen LogP contribution in [0.2, 0.25) is 0 Å². The zero-order chi connectivity index (χ0) is 35.0. The highest BCUT2D eigenvalue weighted by molar-refractivity contribution is 6.01. The lowest BCUT2D eigenvalue weighted by Gasteiger charge is -2.36. The van der Waals surface area contributed by atoms with Crippen LogP contribution in [0.5, 0.6) is 0 Å². The topological polar surface area (TPSA) is 146 Å². The Morgan fingerprint density at radius 2 is 1.75 bits per heavy atom. The highest BCUT2D eigenvalue weighted by Crippen LogP contribution is 2.33. The van der Waals surface area contributed by atoms with Crippen molar-refractivity contribution < 1.29 is 32.8 Å². The second kappa shape index (κ2) is 16.5. The van der Waals surface area contributed by atoms with Crippen molar-refractivity contribution in [1.82, 2.24) is 25.6 Å². The second-order valence-electron chi connectivity index (χ2n) is 13.6. The van der Waals surface area contributed by atoms with Crippen LogP contribution in [0.15, 0.2) is 29.0 Å². The van der Waals surface area contributed by atoms with Crippen LogP contribution in [0.25, 0.3) is 0 Å². The van der Waals surface area contributed by atoms with Crippen LogP contribution < -0.4 is 16.0 Å². The molecule has 1 aromatic carbocycles. The van der Waals surface area contributed by atoms with Gasteiger partial charge in [-0.15, -0.1) is 0 Å². The summed E-state index contributed by atoms with van der Waals surface area (Å²) < 4.78 is 26.1. The molecule has 12 nitrogen and oxygen atoms in total. The number of carbonyl (C=O) groups is 4. The fraction of sp³-hybridized carbons (Fsp3) is 0.629. The van der Waals surface area contributed by atoms with Crippen molar-refractivity contribution in [2.24, 2.45) is 5.92 Å². The summed E-state index contributed by atoms with van der Waals surface area (Å²) in [4.78, 5) is 56.8. The number of ether oxygens (including phenoxy) is 1. The van der Waals surface area contributed by atoms with Crippen molar-refractivity contribution >= 4 is 29.3 Å². The molecule has 2 aliphatic heterocycles. The Bertz CT molecular complexity index is 1440. The Kier molecular flexibility index (Phi) is 12.7. The Morgan fingerprint density at radius 3 is 2.35 bits per heavy atom. The van der Waals surface area contributed by atoms with E-state index in [4.69, 9.17) is 9.26 Å². The van der Waals surface area contributed by atoms with E-state index in [1.54, 1.807) is 24.8 Å². The predicted octanol–water partition coefficient (Wildman–Crippen LogP) is 3.83. The maximum Gasteiger partial charge on any atom is 0.257 e. The number of halogens is 1. The lowest BCUT2D eigenvalue weighted by Crippen LogP contribution is -2.55. The molecule has 0 spiro atoms. The normalized spacial score (nSPS) is 18.6. The summed E-state index contributed by atoms with van der Waals surface area (Å²) in [5, 5.41) is 12.4. The molecule has 0 bridgehead atoms. The Morgan fingerprint density at radius 1 is 1.04 bits per heavy atom. The molecule has 3 N–H and O–H groups in total. The highest BCUT2D eigenvalue weighted by Gasteiger charge is 2.42. The smallest absolute Gasteiger partial charge is 0.257 e. The lowest BCUT2D eigenvalue weighted by atomic mass is 9.83. The van der Waals surface area contributed by atoms with Crippen LogP contribution in [0.1, 0.15) is 94.3 Å². The molecule has 264 valence electrons. The van der Waals surface area contributed by atoms with Crippen molar-refractivity contribution in [1.29, 1.82) is 0 Å². The zero-order valence-corrected chi connectivity index (χ0v) is 29.1. The summed E-state index contributed by atoms with van der Waals surface area (Å²) in [6.45, 7) is 13.0. The predicted molar refractivity (Wildman–Crippen MR) is 179 cm³/mol. The van der Waals surface area contributed by atoms with Crippen LogP contribution in [0, 0.1) is 11.7 Å². The third-order valence-corrected chi connectivity index (χ3v) is 9.73. The van der Waals surface area contributed by atoms with E-state index >= 15 is 4.39 Å². The van der Waals surface area contributed by atoms with Crippen LogP contribution in [0.3, 0.4) is 0 Å². The van der Waals surface area contributed by atoms with Crippen molar-refractivity contribution in [2.45, 2.75) is 90.1 Å². The SMILES string of the molecule is CCC(=O)N[C@@H](C(=O)N1CCN(C)CC1)[C@@H](C)c1ccc(NC(=O)[C@H](CCC[C@@H](C)CC)NC(=O)c2conc2C2(C)COC2)c(F)c1. The van der Waals surface area contributed by atoms with E-state index in [1.165, 1.54) is 18.4 Å². The first-order valence-electron chi connectivity index (χ1n) is 17.1. The van der Waals surface area contributed by atoms with E-state index in [0.29, 0.717) is 56.3 Å². The molecule has 13 heteroatoms. The quantitative estimate of drug-likeness (QED) is 0.259. The van der Waals surface area contributed by atoms with Crippen molar-refractivity contribution in [3.8, 4) is 0 Å². The summed E-state index contributed by atoms with van der Waals surface area (Å²) in [6, 6.07) is 2.56. The van der Waals surface area contributed by atoms with Crippen LogP contribution in [-0.2, 0) is 24.5 Å². The first-order valence-corrected chi connectivity index (χ1v) is 17.1. The number of nitrogens with one attached hydrogen (secondary N) is 3. The van der Waals surface area contributed by atoms with Gasteiger partial charge in [0.05, 0.1) is 24.3 Å².